The van der Waals surface area contributed by atoms with E-state index in [0.717, 1.165) is 23.2 Å². The average molecular weight is 429 g/mol. The summed E-state index contributed by atoms with van der Waals surface area (Å²) in [7, 11) is 3.15. The number of ether oxygens (including phenoxy) is 3. The molecule has 1 aliphatic heterocycles. The first-order valence-electron chi connectivity index (χ1n) is 10.4. The van der Waals surface area contributed by atoms with Crippen molar-refractivity contribution in [3.8, 4) is 28.4 Å². The highest BCUT2D eigenvalue weighted by molar-refractivity contribution is 5.86. The molecule has 6 nitrogen and oxygen atoms in total. The van der Waals surface area contributed by atoms with Crippen molar-refractivity contribution in [2.24, 2.45) is 0 Å². The van der Waals surface area contributed by atoms with Gasteiger partial charge in [-0.25, -0.2) is 4.79 Å². The highest BCUT2D eigenvalue weighted by Gasteiger charge is 2.22. The molecule has 0 bridgehead atoms. The van der Waals surface area contributed by atoms with E-state index in [9.17, 15) is 4.79 Å². The van der Waals surface area contributed by atoms with Crippen LogP contribution in [0, 0.1) is 0 Å². The summed E-state index contributed by atoms with van der Waals surface area (Å²) in [5.74, 6) is 1.91. The molecule has 5 rings (SSSR count). The minimum atomic E-state index is -0.404. The van der Waals surface area contributed by atoms with Crippen LogP contribution >= 0.6 is 0 Å². The van der Waals surface area contributed by atoms with E-state index in [-0.39, 0.29) is 0 Å². The second-order valence-corrected chi connectivity index (χ2v) is 7.72. The number of rotatable bonds is 5. The fourth-order valence-electron chi connectivity index (χ4n) is 4.09. The highest BCUT2D eigenvalue weighted by Crippen LogP contribution is 2.35. The SMILES string of the molecule is COc1ccc(-c2cc3ccc4c(c3oc2=O)CN(Cc2ccccc2)CO4)cc1OC. The van der Waals surface area contributed by atoms with Gasteiger partial charge in [0.15, 0.2) is 11.5 Å². The summed E-state index contributed by atoms with van der Waals surface area (Å²) in [5, 5.41) is 0.846. The van der Waals surface area contributed by atoms with Crippen LogP contribution in [0.3, 0.4) is 0 Å². The standard InChI is InChI=1S/C26H23NO5/c1-29-23-11-8-18(13-24(23)30-2)20-12-19-9-10-22-21(25(19)32-26(20)28)15-27(16-31-22)14-17-6-4-3-5-7-17/h3-13H,14-16H2,1-2H3. The van der Waals surface area contributed by atoms with Crippen LogP contribution in [0.5, 0.6) is 17.2 Å². The molecule has 3 aromatic carbocycles. The number of methoxy groups -OCH3 is 2. The summed E-state index contributed by atoms with van der Waals surface area (Å²) >= 11 is 0. The molecule has 0 saturated heterocycles. The van der Waals surface area contributed by atoms with Crippen molar-refractivity contribution in [3.05, 3.63) is 88.3 Å². The van der Waals surface area contributed by atoms with Crippen molar-refractivity contribution >= 4 is 11.0 Å². The Balaban J connectivity index is 1.52. The fourth-order valence-corrected chi connectivity index (χ4v) is 4.09. The lowest BCUT2D eigenvalue weighted by atomic mass is 10.0. The Kier molecular flexibility index (Phi) is 5.29. The summed E-state index contributed by atoms with van der Waals surface area (Å²) in [6, 6.07) is 21.3. The molecule has 1 aromatic heterocycles. The van der Waals surface area contributed by atoms with Gasteiger partial charge < -0.3 is 18.6 Å². The quantitative estimate of drug-likeness (QED) is 0.424. The van der Waals surface area contributed by atoms with E-state index in [1.165, 1.54) is 5.56 Å². The molecular weight excluding hydrogens is 406 g/mol. The minimum Gasteiger partial charge on any atom is -0.493 e. The lowest BCUT2D eigenvalue weighted by Gasteiger charge is -2.29. The van der Waals surface area contributed by atoms with Crippen LogP contribution in [-0.4, -0.2) is 25.9 Å². The predicted molar refractivity (Wildman–Crippen MR) is 122 cm³/mol. The maximum atomic E-state index is 13.0. The molecule has 0 spiro atoms. The van der Waals surface area contributed by atoms with Crippen molar-refractivity contribution in [3.63, 3.8) is 0 Å². The first-order valence-corrected chi connectivity index (χ1v) is 10.4. The lowest BCUT2D eigenvalue weighted by molar-refractivity contribution is 0.0890. The van der Waals surface area contributed by atoms with Crippen LogP contribution < -0.4 is 19.8 Å². The van der Waals surface area contributed by atoms with E-state index >= 15 is 0 Å². The summed E-state index contributed by atoms with van der Waals surface area (Å²) in [4.78, 5) is 15.1. The first kappa shape index (κ1) is 20.2. The Bertz CT molecular complexity index is 1330. The van der Waals surface area contributed by atoms with Gasteiger partial charge in [-0.1, -0.05) is 36.4 Å². The van der Waals surface area contributed by atoms with Gasteiger partial charge in [0.25, 0.3) is 0 Å². The molecule has 0 unspecified atom stereocenters. The minimum absolute atomic E-state index is 0.404. The predicted octanol–water partition coefficient (Wildman–Crippen LogP) is 4.83. The van der Waals surface area contributed by atoms with Crippen LogP contribution in [0.2, 0.25) is 0 Å². The Morgan fingerprint density at radius 2 is 1.75 bits per heavy atom. The largest absolute Gasteiger partial charge is 0.493 e. The van der Waals surface area contributed by atoms with E-state index in [1.807, 2.05) is 42.5 Å². The first-order chi connectivity index (χ1) is 15.7. The molecule has 4 aromatic rings. The van der Waals surface area contributed by atoms with Gasteiger partial charge in [0.2, 0.25) is 0 Å². The third-order valence-corrected chi connectivity index (χ3v) is 5.69. The van der Waals surface area contributed by atoms with Crippen LogP contribution in [-0.2, 0) is 13.1 Å². The van der Waals surface area contributed by atoms with Crippen LogP contribution in [0.1, 0.15) is 11.1 Å². The van der Waals surface area contributed by atoms with Crippen molar-refractivity contribution in [1.82, 2.24) is 4.90 Å². The molecule has 0 radical (unpaired) electrons. The Morgan fingerprint density at radius 3 is 2.53 bits per heavy atom. The van der Waals surface area contributed by atoms with Gasteiger partial charge >= 0.3 is 5.63 Å². The van der Waals surface area contributed by atoms with E-state index in [1.54, 1.807) is 26.4 Å². The number of nitrogens with zero attached hydrogens (tertiary/aromatic N) is 1. The smallest absolute Gasteiger partial charge is 0.344 e. The van der Waals surface area contributed by atoms with Gasteiger partial charge in [0, 0.05) is 18.5 Å². The van der Waals surface area contributed by atoms with Crippen molar-refractivity contribution in [2.45, 2.75) is 13.1 Å². The van der Waals surface area contributed by atoms with E-state index < -0.39 is 5.63 Å². The molecule has 0 saturated carbocycles. The summed E-state index contributed by atoms with van der Waals surface area (Å²) in [6.45, 7) is 1.88. The van der Waals surface area contributed by atoms with Crippen LogP contribution in [0.4, 0.5) is 0 Å². The van der Waals surface area contributed by atoms with Gasteiger partial charge in [-0.15, -0.1) is 0 Å². The lowest BCUT2D eigenvalue weighted by Crippen LogP contribution is -2.31. The zero-order valence-corrected chi connectivity index (χ0v) is 18.0. The van der Waals surface area contributed by atoms with Gasteiger partial charge in [0.1, 0.15) is 18.1 Å². The van der Waals surface area contributed by atoms with Gasteiger partial charge in [-0.3, -0.25) is 4.90 Å². The number of fused-ring (bicyclic) bond motifs is 3. The monoisotopic (exact) mass is 429 g/mol. The Labute approximate surface area is 185 Å². The zero-order chi connectivity index (χ0) is 22.1. The molecule has 0 fully saturated rings. The van der Waals surface area contributed by atoms with E-state index in [4.69, 9.17) is 18.6 Å². The van der Waals surface area contributed by atoms with Crippen molar-refractivity contribution < 1.29 is 18.6 Å². The second kappa shape index (κ2) is 8.40. The average Bonchev–Trinajstić information content (AvgIpc) is 2.84. The molecule has 0 atom stereocenters. The molecule has 1 aliphatic rings. The topological polar surface area (TPSA) is 61.1 Å². The molecule has 0 aliphatic carbocycles. The Morgan fingerprint density at radius 1 is 0.938 bits per heavy atom. The van der Waals surface area contributed by atoms with Gasteiger partial charge in [-0.2, -0.15) is 0 Å². The number of benzene rings is 3. The number of hydrogen-bond donors (Lipinski definition) is 0. The molecule has 2 heterocycles. The van der Waals surface area contributed by atoms with E-state index in [2.05, 4.69) is 17.0 Å². The second-order valence-electron chi connectivity index (χ2n) is 7.72. The molecule has 162 valence electrons. The summed E-state index contributed by atoms with van der Waals surface area (Å²) < 4.78 is 22.5. The maximum absolute atomic E-state index is 13.0. The van der Waals surface area contributed by atoms with Crippen molar-refractivity contribution in [2.75, 3.05) is 21.0 Å². The molecule has 6 heteroatoms. The van der Waals surface area contributed by atoms with Crippen molar-refractivity contribution in [1.29, 1.82) is 0 Å². The summed E-state index contributed by atoms with van der Waals surface area (Å²) in [5.41, 5.74) is 3.43. The summed E-state index contributed by atoms with van der Waals surface area (Å²) in [6.07, 6.45) is 0. The number of hydrogen-bond acceptors (Lipinski definition) is 6. The molecular formula is C26H23NO5. The normalized spacial score (nSPS) is 13.4. The third-order valence-electron chi connectivity index (χ3n) is 5.69. The zero-order valence-electron chi connectivity index (χ0n) is 18.0. The maximum Gasteiger partial charge on any atom is 0.344 e. The van der Waals surface area contributed by atoms with Gasteiger partial charge in [-0.05, 0) is 41.5 Å². The molecule has 0 amide bonds. The van der Waals surface area contributed by atoms with E-state index in [0.29, 0.717) is 41.5 Å². The van der Waals surface area contributed by atoms with Gasteiger partial charge in [0.05, 0.1) is 25.3 Å². The van der Waals surface area contributed by atoms with Crippen LogP contribution in [0.15, 0.2) is 75.9 Å². The van der Waals surface area contributed by atoms with Crippen LogP contribution in [0.25, 0.3) is 22.1 Å². The molecule has 32 heavy (non-hydrogen) atoms. The third kappa shape index (κ3) is 3.69. The Hall–Kier alpha value is -3.77. The fraction of sp³-hybridized carbons (Fsp3) is 0.192. The molecule has 0 N–H and O–H groups in total. The highest BCUT2D eigenvalue weighted by atomic mass is 16.5.